The number of anilines is 1. The Kier molecular flexibility index (Phi) is 4.28. The number of carbonyl (C=O) groups is 2. The minimum Gasteiger partial charge on any atom is -0.343 e. The zero-order valence-electron chi connectivity index (χ0n) is 14.7. The van der Waals surface area contributed by atoms with Crippen molar-refractivity contribution in [2.75, 3.05) is 24.5 Å². The molecule has 2 amide bonds. The molecule has 25 heavy (non-hydrogen) atoms. The molecule has 1 aromatic carbocycles. The second kappa shape index (κ2) is 6.45. The molecule has 0 spiro atoms. The number of amides is 2. The molecule has 2 N–H and O–H groups in total. The van der Waals surface area contributed by atoms with Gasteiger partial charge >= 0.3 is 0 Å². The summed E-state index contributed by atoms with van der Waals surface area (Å²) in [5, 5.41) is 0. The SMILES string of the molecule is NC1(C(=O)N2CC(CCN3CCCC3=O)c3ccccc32)CCCC1. The lowest BCUT2D eigenvalue weighted by Gasteiger charge is -2.29. The number of rotatable bonds is 4. The third-order valence-electron chi connectivity index (χ3n) is 6.16. The van der Waals surface area contributed by atoms with Crippen molar-refractivity contribution >= 4 is 17.5 Å². The Morgan fingerprint density at radius 3 is 2.68 bits per heavy atom. The molecule has 3 aliphatic rings. The summed E-state index contributed by atoms with van der Waals surface area (Å²) >= 11 is 0. The lowest BCUT2D eigenvalue weighted by Crippen LogP contribution is -2.53. The van der Waals surface area contributed by atoms with Gasteiger partial charge in [-0.05, 0) is 37.3 Å². The van der Waals surface area contributed by atoms with Gasteiger partial charge in [0.05, 0.1) is 5.54 Å². The van der Waals surface area contributed by atoms with E-state index in [-0.39, 0.29) is 11.8 Å². The molecule has 5 heteroatoms. The average Bonchev–Trinajstić information content (AvgIpc) is 3.32. The van der Waals surface area contributed by atoms with Gasteiger partial charge in [0.15, 0.2) is 0 Å². The number of benzene rings is 1. The van der Waals surface area contributed by atoms with Crippen molar-refractivity contribution in [3.8, 4) is 0 Å². The number of carbonyl (C=O) groups excluding carboxylic acids is 2. The molecule has 1 atom stereocenters. The average molecular weight is 341 g/mol. The summed E-state index contributed by atoms with van der Waals surface area (Å²) in [6.07, 6.45) is 6.22. The van der Waals surface area contributed by atoms with Crippen LogP contribution in [-0.2, 0) is 9.59 Å². The van der Waals surface area contributed by atoms with Crippen molar-refractivity contribution in [3.05, 3.63) is 29.8 Å². The van der Waals surface area contributed by atoms with Gasteiger partial charge in [0.25, 0.3) is 0 Å². The Morgan fingerprint density at radius 2 is 1.96 bits per heavy atom. The number of nitrogens with two attached hydrogens (primary N) is 1. The molecule has 2 fully saturated rings. The number of nitrogens with zero attached hydrogens (tertiary/aromatic N) is 2. The fraction of sp³-hybridized carbons (Fsp3) is 0.600. The molecular weight excluding hydrogens is 314 g/mol. The second-order valence-electron chi connectivity index (χ2n) is 7.81. The number of fused-ring (bicyclic) bond motifs is 1. The van der Waals surface area contributed by atoms with E-state index in [9.17, 15) is 9.59 Å². The second-order valence-corrected chi connectivity index (χ2v) is 7.81. The van der Waals surface area contributed by atoms with Gasteiger partial charge in [0, 0.05) is 37.7 Å². The number of likely N-dealkylation sites (tertiary alicyclic amines) is 1. The summed E-state index contributed by atoms with van der Waals surface area (Å²) < 4.78 is 0. The maximum atomic E-state index is 13.1. The van der Waals surface area contributed by atoms with Crippen LogP contribution in [0.25, 0.3) is 0 Å². The molecule has 5 nitrogen and oxygen atoms in total. The molecule has 1 unspecified atom stereocenters. The van der Waals surface area contributed by atoms with Crippen molar-refractivity contribution in [1.29, 1.82) is 0 Å². The molecule has 1 aromatic rings. The van der Waals surface area contributed by atoms with Crippen LogP contribution < -0.4 is 10.6 Å². The highest BCUT2D eigenvalue weighted by atomic mass is 16.2. The predicted molar refractivity (Wildman–Crippen MR) is 97.4 cm³/mol. The summed E-state index contributed by atoms with van der Waals surface area (Å²) in [5.74, 6) is 0.641. The van der Waals surface area contributed by atoms with E-state index in [2.05, 4.69) is 6.07 Å². The fourth-order valence-electron chi connectivity index (χ4n) is 4.68. The van der Waals surface area contributed by atoms with Gasteiger partial charge in [-0.3, -0.25) is 9.59 Å². The van der Waals surface area contributed by atoms with Crippen LogP contribution in [0.2, 0.25) is 0 Å². The molecule has 2 aliphatic heterocycles. The van der Waals surface area contributed by atoms with E-state index in [4.69, 9.17) is 5.73 Å². The first kappa shape index (κ1) is 16.6. The monoisotopic (exact) mass is 341 g/mol. The molecule has 1 aliphatic carbocycles. The van der Waals surface area contributed by atoms with Crippen LogP contribution in [0.1, 0.15) is 56.4 Å². The standard InChI is InChI=1S/C20H27N3O2/c21-20(10-3-4-11-20)19(25)23-14-15(16-6-1-2-7-17(16)23)9-13-22-12-5-8-18(22)24/h1-2,6-7,15H,3-5,8-14,21H2. The summed E-state index contributed by atoms with van der Waals surface area (Å²) in [4.78, 5) is 28.9. The van der Waals surface area contributed by atoms with Crippen molar-refractivity contribution in [1.82, 2.24) is 4.90 Å². The summed E-state index contributed by atoms with van der Waals surface area (Å²) in [5.41, 5.74) is 7.99. The van der Waals surface area contributed by atoms with E-state index < -0.39 is 5.54 Å². The fourth-order valence-corrected chi connectivity index (χ4v) is 4.68. The summed E-state index contributed by atoms with van der Waals surface area (Å²) in [6, 6.07) is 8.18. The zero-order chi connectivity index (χ0) is 17.4. The zero-order valence-corrected chi connectivity index (χ0v) is 14.7. The molecule has 0 radical (unpaired) electrons. The highest BCUT2D eigenvalue weighted by Gasteiger charge is 2.43. The summed E-state index contributed by atoms with van der Waals surface area (Å²) in [7, 11) is 0. The van der Waals surface area contributed by atoms with Crippen LogP contribution in [0.4, 0.5) is 5.69 Å². The largest absolute Gasteiger partial charge is 0.343 e. The van der Waals surface area contributed by atoms with E-state index in [1.54, 1.807) is 0 Å². The van der Waals surface area contributed by atoms with Gasteiger partial charge in [-0.25, -0.2) is 0 Å². The molecule has 2 heterocycles. The van der Waals surface area contributed by atoms with E-state index in [1.807, 2.05) is 28.0 Å². The Hall–Kier alpha value is -1.88. The van der Waals surface area contributed by atoms with Gasteiger partial charge in [-0.2, -0.15) is 0 Å². The Labute approximate surface area is 149 Å². The Morgan fingerprint density at radius 1 is 1.20 bits per heavy atom. The third-order valence-corrected chi connectivity index (χ3v) is 6.16. The van der Waals surface area contributed by atoms with E-state index in [0.29, 0.717) is 18.9 Å². The Balaban J connectivity index is 1.51. The highest BCUT2D eigenvalue weighted by molar-refractivity contribution is 6.02. The molecule has 4 rings (SSSR count). The molecule has 0 bridgehead atoms. The smallest absolute Gasteiger partial charge is 0.247 e. The van der Waals surface area contributed by atoms with Crippen molar-refractivity contribution in [2.45, 2.75) is 56.4 Å². The minimum atomic E-state index is -0.688. The minimum absolute atomic E-state index is 0.0807. The maximum absolute atomic E-state index is 13.1. The molecule has 0 aromatic heterocycles. The molecule has 134 valence electrons. The van der Waals surface area contributed by atoms with Gasteiger partial charge < -0.3 is 15.5 Å². The van der Waals surface area contributed by atoms with Crippen LogP contribution in [0.5, 0.6) is 0 Å². The van der Waals surface area contributed by atoms with Crippen LogP contribution in [0.15, 0.2) is 24.3 Å². The van der Waals surface area contributed by atoms with Crippen LogP contribution in [-0.4, -0.2) is 41.9 Å². The first-order valence-corrected chi connectivity index (χ1v) is 9.56. The van der Waals surface area contributed by atoms with Crippen molar-refractivity contribution in [3.63, 3.8) is 0 Å². The number of para-hydroxylation sites is 1. The quantitative estimate of drug-likeness (QED) is 0.914. The third kappa shape index (κ3) is 2.95. The van der Waals surface area contributed by atoms with Gasteiger partial charge in [-0.1, -0.05) is 31.0 Å². The lowest BCUT2D eigenvalue weighted by molar-refractivity contribution is -0.128. The van der Waals surface area contributed by atoms with Crippen molar-refractivity contribution in [2.24, 2.45) is 5.73 Å². The highest BCUT2D eigenvalue weighted by Crippen LogP contribution is 2.41. The summed E-state index contributed by atoms with van der Waals surface area (Å²) in [6.45, 7) is 2.36. The van der Waals surface area contributed by atoms with Crippen LogP contribution >= 0.6 is 0 Å². The molecule has 1 saturated heterocycles. The topological polar surface area (TPSA) is 66.6 Å². The molecule has 1 saturated carbocycles. The lowest BCUT2D eigenvalue weighted by atomic mass is 9.97. The first-order chi connectivity index (χ1) is 12.1. The van der Waals surface area contributed by atoms with Gasteiger partial charge in [0.1, 0.15) is 0 Å². The van der Waals surface area contributed by atoms with Gasteiger partial charge in [0.2, 0.25) is 11.8 Å². The number of hydrogen-bond acceptors (Lipinski definition) is 3. The van der Waals surface area contributed by atoms with E-state index in [0.717, 1.165) is 57.3 Å². The maximum Gasteiger partial charge on any atom is 0.247 e. The van der Waals surface area contributed by atoms with E-state index >= 15 is 0 Å². The Bertz CT molecular complexity index is 681. The molecular formula is C20H27N3O2. The van der Waals surface area contributed by atoms with Crippen LogP contribution in [0, 0.1) is 0 Å². The normalized spacial score (nSPS) is 24.8. The van der Waals surface area contributed by atoms with E-state index in [1.165, 1.54) is 5.56 Å². The van der Waals surface area contributed by atoms with Crippen molar-refractivity contribution < 1.29 is 9.59 Å². The van der Waals surface area contributed by atoms with Gasteiger partial charge in [-0.15, -0.1) is 0 Å². The first-order valence-electron chi connectivity index (χ1n) is 9.56. The van der Waals surface area contributed by atoms with Crippen LogP contribution in [0.3, 0.4) is 0 Å². The predicted octanol–water partition coefficient (Wildman–Crippen LogP) is 2.40. The number of hydrogen-bond donors (Lipinski definition) is 1.